The summed E-state index contributed by atoms with van der Waals surface area (Å²) < 4.78 is 5.29. The Balaban J connectivity index is 2.18. The summed E-state index contributed by atoms with van der Waals surface area (Å²) in [6.45, 7) is 6.66. The Kier molecular flexibility index (Phi) is 4.74. The number of nitrogens with one attached hydrogen (secondary N) is 1. The van der Waals surface area contributed by atoms with E-state index in [0.29, 0.717) is 12.1 Å². The van der Waals surface area contributed by atoms with E-state index >= 15 is 0 Å². The molecule has 0 spiro atoms. The maximum Gasteiger partial charge on any atom is 0.103 e. The third-order valence-electron chi connectivity index (χ3n) is 2.59. The third-order valence-corrected chi connectivity index (χ3v) is 2.59. The summed E-state index contributed by atoms with van der Waals surface area (Å²) >= 11 is 0. The Morgan fingerprint density at radius 2 is 2.14 bits per heavy atom. The van der Waals surface area contributed by atoms with Gasteiger partial charge in [-0.25, -0.2) is 0 Å². The van der Waals surface area contributed by atoms with Gasteiger partial charge in [0, 0.05) is 18.5 Å². The van der Waals surface area contributed by atoms with Crippen molar-refractivity contribution in [2.45, 2.75) is 52.1 Å². The molecule has 0 fully saturated rings. The topological polar surface area (TPSA) is 25.2 Å². The molecule has 0 radical (unpaired) electrons. The van der Waals surface area contributed by atoms with Crippen LogP contribution in [0.1, 0.15) is 39.4 Å². The number of hydrogen-bond donors (Lipinski definition) is 1. The zero-order valence-corrected chi connectivity index (χ0v) is 9.42. The molecular weight excluding hydrogens is 174 g/mol. The van der Waals surface area contributed by atoms with E-state index in [1.54, 1.807) is 6.26 Å². The molecule has 0 aliphatic rings. The molecule has 0 aliphatic heterocycles. The molecule has 2 heteroatoms. The maximum absolute atomic E-state index is 5.29. The van der Waals surface area contributed by atoms with Crippen LogP contribution in [-0.2, 0) is 6.42 Å². The van der Waals surface area contributed by atoms with Gasteiger partial charge in [0.2, 0.25) is 0 Å². The van der Waals surface area contributed by atoms with Crippen LogP contribution in [-0.4, -0.2) is 12.1 Å². The van der Waals surface area contributed by atoms with E-state index in [1.807, 2.05) is 12.1 Å². The monoisotopic (exact) mass is 195 g/mol. The van der Waals surface area contributed by atoms with Crippen molar-refractivity contribution in [1.82, 2.24) is 5.32 Å². The maximum atomic E-state index is 5.29. The average molecular weight is 195 g/mol. The largest absolute Gasteiger partial charge is 0.469 e. The van der Waals surface area contributed by atoms with Gasteiger partial charge in [0.05, 0.1) is 6.26 Å². The van der Waals surface area contributed by atoms with Crippen molar-refractivity contribution >= 4 is 0 Å². The molecule has 1 aromatic rings. The van der Waals surface area contributed by atoms with Crippen LogP contribution < -0.4 is 5.32 Å². The molecule has 0 bridgehead atoms. The van der Waals surface area contributed by atoms with E-state index in [2.05, 4.69) is 26.1 Å². The molecule has 1 rings (SSSR count). The molecule has 14 heavy (non-hydrogen) atoms. The molecule has 0 amide bonds. The Morgan fingerprint density at radius 3 is 2.71 bits per heavy atom. The van der Waals surface area contributed by atoms with Crippen molar-refractivity contribution in [3.8, 4) is 0 Å². The summed E-state index contributed by atoms with van der Waals surface area (Å²) in [6, 6.07) is 5.16. The fourth-order valence-corrected chi connectivity index (χ4v) is 1.50. The Hall–Kier alpha value is -0.760. The zero-order chi connectivity index (χ0) is 10.4. The first kappa shape index (κ1) is 11.3. The fraction of sp³-hybridized carbons (Fsp3) is 0.667. The highest BCUT2D eigenvalue weighted by Crippen LogP contribution is 2.06. The summed E-state index contributed by atoms with van der Waals surface area (Å²) in [5.74, 6) is 1.09. The minimum absolute atomic E-state index is 0.565. The fourth-order valence-electron chi connectivity index (χ4n) is 1.50. The van der Waals surface area contributed by atoms with E-state index in [9.17, 15) is 0 Å². The second-order valence-corrected chi connectivity index (χ2v) is 4.00. The van der Waals surface area contributed by atoms with Gasteiger partial charge in [0.15, 0.2) is 0 Å². The molecule has 1 aromatic heterocycles. The molecule has 1 heterocycles. The lowest BCUT2D eigenvalue weighted by Gasteiger charge is -2.18. The van der Waals surface area contributed by atoms with Crippen molar-refractivity contribution in [3.05, 3.63) is 24.2 Å². The molecule has 0 aliphatic carbocycles. The highest BCUT2D eigenvalue weighted by atomic mass is 16.3. The second-order valence-electron chi connectivity index (χ2n) is 4.00. The number of hydrogen-bond acceptors (Lipinski definition) is 2. The second kappa shape index (κ2) is 5.86. The SMILES string of the molecule is CCC(C)NC(C)CCc1ccco1. The first-order chi connectivity index (χ1) is 6.72. The highest BCUT2D eigenvalue weighted by Gasteiger charge is 2.06. The summed E-state index contributed by atoms with van der Waals surface area (Å²) in [4.78, 5) is 0. The van der Waals surface area contributed by atoms with Crippen LogP contribution >= 0.6 is 0 Å². The number of furan rings is 1. The van der Waals surface area contributed by atoms with Crippen LogP contribution in [0.25, 0.3) is 0 Å². The summed E-state index contributed by atoms with van der Waals surface area (Å²) in [5, 5.41) is 3.55. The van der Waals surface area contributed by atoms with E-state index in [-0.39, 0.29) is 0 Å². The minimum Gasteiger partial charge on any atom is -0.469 e. The molecule has 80 valence electrons. The molecule has 2 nitrogen and oxygen atoms in total. The summed E-state index contributed by atoms with van der Waals surface area (Å²) in [7, 11) is 0. The van der Waals surface area contributed by atoms with Crippen LogP contribution in [0.15, 0.2) is 22.8 Å². The number of aryl methyl sites for hydroxylation is 1. The standard InChI is InChI=1S/C12H21NO/c1-4-10(2)13-11(3)7-8-12-6-5-9-14-12/h5-6,9-11,13H,4,7-8H2,1-3H3. The molecule has 0 saturated carbocycles. The summed E-state index contributed by atoms with van der Waals surface area (Å²) in [6.07, 6.45) is 5.09. The van der Waals surface area contributed by atoms with Gasteiger partial charge in [-0.3, -0.25) is 0 Å². The smallest absolute Gasteiger partial charge is 0.103 e. The normalized spacial score (nSPS) is 15.4. The molecule has 2 unspecified atom stereocenters. The quantitative estimate of drug-likeness (QED) is 0.755. The van der Waals surface area contributed by atoms with Crippen molar-refractivity contribution in [3.63, 3.8) is 0 Å². The van der Waals surface area contributed by atoms with E-state index < -0.39 is 0 Å². The van der Waals surface area contributed by atoms with E-state index in [0.717, 1.165) is 18.6 Å². The van der Waals surface area contributed by atoms with Crippen LogP contribution in [0.3, 0.4) is 0 Å². The Labute approximate surface area is 86.7 Å². The van der Waals surface area contributed by atoms with Gasteiger partial charge in [-0.15, -0.1) is 0 Å². The predicted molar refractivity (Wildman–Crippen MR) is 59.4 cm³/mol. The average Bonchev–Trinajstić information content (AvgIpc) is 2.67. The summed E-state index contributed by atoms with van der Waals surface area (Å²) in [5.41, 5.74) is 0. The van der Waals surface area contributed by atoms with Gasteiger partial charge in [-0.05, 0) is 38.8 Å². The lowest BCUT2D eigenvalue weighted by molar-refractivity contribution is 0.419. The van der Waals surface area contributed by atoms with Crippen LogP contribution in [0.5, 0.6) is 0 Å². The van der Waals surface area contributed by atoms with E-state index in [1.165, 1.54) is 6.42 Å². The number of rotatable bonds is 6. The first-order valence-corrected chi connectivity index (χ1v) is 5.50. The van der Waals surface area contributed by atoms with Gasteiger partial charge in [-0.2, -0.15) is 0 Å². The van der Waals surface area contributed by atoms with Crippen molar-refractivity contribution in [1.29, 1.82) is 0 Å². The van der Waals surface area contributed by atoms with Gasteiger partial charge < -0.3 is 9.73 Å². The van der Waals surface area contributed by atoms with Crippen LogP contribution in [0.4, 0.5) is 0 Å². The molecule has 0 saturated heterocycles. The Morgan fingerprint density at radius 1 is 1.36 bits per heavy atom. The van der Waals surface area contributed by atoms with Crippen molar-refractivity contribution in [2.24, 2.45) is 0 Å². The van der Waals surface area contributed by atoms with Crippen molar-refractivity contribution < 1.29 is 4.42 Å². The molecule has 0 aromatic carbocycles. The van der Waals surface area contributed by atoms with Gasteiger partial charge in [0.25, 0.3) is 0 Å². The van der Waals surface area contributed by atoms with E-state index in [4.69, 9.17) is 4.42 Å². The lowest BCUT2D eigenvalue weighted by atomic mass is 10.1. The minimum atomic E-state index is 0.565. The molecule has 2 atom stereocenters. The Bertz CT molecular complexity index is 230. The van der Waals surface area contributed by atoms with Crippen LogP contribution in [0, 0.1) is 0 Å². The highest BCUT2D eigenvalue weighted by molar-refractivity contribution is 4.98. The molecule has 1 N–H and O–H groups in total. The lowest BCUT2D eigenvalue weighted by Crippen LogP contribution is -2.34. The third kappa shape index (κ3) is 3.97. The van der Waals surface area contributed by atoms with Crippen LogP contribution in [0.2, 0.25) is 0 Å². The van der Waals surface area contributed by atoms with Gasteiger partial charge in [0.1, 0.15) is 5.76 Å². The molecular formula is C12H21NO. The predicted octanol–water partition coefficient (Wildman–Crippen LogP) is 2.99. The van der Waals surface area contributed by atoms with Crippen molar-refractivity contribution in [2.75, 3.05) is 0 Å². The first-order valence-electron chi connectivity index (χ1n) is 5.50. The zero-order valence-electron chi connectivity index (χ0n) is 9.42. The van der Waals surface area contributed by atoms with Gasteiger partial charge in [-0.1, -0.05) is 6.92 Å². The van der Waals surface area contributed by atoms with Gasteiger partial charge >= 0.3 is 0 Å².